The van der Waals surface area contributed by atoms with E-state index in [0.29, 0.717) is 6.42 Å². The number of methoxy groups -OCH3 is 1. The lowest BCUT2D eigenvalue weighted by Gasteiger charge is -2.23. The molecular weight excluding hydrogens is 410 g/mol. The summed E-state index contributed by atoms with van der Waals surface area (Å²) >= 11 is 4.18. The van der Waals surface area contributed by atoms with Crippen molar-refractivity contribution in [1.82, 2.24) is 5.32 Å². The number of aryl methyl sites for hydroxylation is 1. The van der Waals surface area contributed by atoms with Crippen LogP contribution in [0.25, 0.3) is 0 Å². The SMILES string of the molecule is CCCCCCCCCc1ccc(C(CCCCC(=O)OC)N[C@@H](CS)C(=O)O)cc1. The number of carbonyl (C=O) groups is 2. The number of rotatable bonds is 18. The molecule has 2 N–H and O–H groups in total. The number of unbranched alkanes of at least 4 members (excludes halogenated alkanes) is 7. The summed E-state index contributed by atoms with van der Waals surface area (Å²) in [7, 11) is 1.39. The van der Waals surface area contributed by atoms with Crippen molar-refractivity contribution in [3.63, 3.8) is 0 Å². The number of carbonyl (C=O) groups excluding carboxylic acids is 1. The summed E-state index contributed by atoms with van der Waals surface area (Å²) in [5.41, 5.74) is 2.40. The number of thiol groups is 1. The first-order chi connectivity index (χ1) is 15.0. The molecule has 1 aromatic carbocycles. The molecule has 0 aliphatic rings. The molecule has 0 bridgehead atoms. The van der Waals surface area contributed by atoms with Gasteiger partial charge in [-0.05, 0) is 36.8 Å². The number of aliphatic carboxylic acids is 1. The fraction of sp³-hybridized carbons (Fsp3) is 0.680. The van der Waals surface area contributed by atoms with Crippen LogP contribution >= 0.6 is 12.6 Å². The van der Waals surface area contributed by atoms with Crippen molar-refractivity contribution < 1.29 is 19.4 Å². The van der Waals surface area contributed by atoms with Crippen LogP contribution in [0.2, 0.25) is 0 Å². The molecule has 0 aromatic heterocycles. The van der Waals surface area contributed by atoms with Gasteiger partial charge >= 0.3 is 11.9 Å². The van der Waals surface area contributed by atoms with Gasteiger partial charge in [-0.15, -0.1) is 0 Å². The Morgan fingerprint density at radius 1 is 1.00 bits per heavy atom. The molecule has 31 heavy (non-hydrogen) atoms. The van der Waals surface area contributed by atoms with Crippen molar-refractivity contribution in [2.45, 2.75) is 96.1 Å². The highest BCUT2D eigenvalue weighted by atomic mass is 32.1. The monoisotopic (exact) mass is 451 g/mol. The van der Waals surface area contributed by atoms with Crippen LogP contribution < -0.4 is 5.32 Å². The fourth-order valence-corrected chi connectivity index (χ4v) is 3.98. The van der Waals surface area contributed by atoms with Crippen LogP contribution in [0.4, 0.5) is 0 Å². The van der Waals surface area contributed by atoms with Crippen molar-refractivity contribution in [2.24, 2.45) is 0 Å². The molecule has 6 heteroatoms. The van der Waals surface area contributed by atoms with Crippen molar-refractivity contribution in [3.8, 4) is 0 Å². The van der Waals surface area contributed by atoms with E-state index in [1.165, 1.54) is 57.6 Å². The summed E-state index contributed by atoms with van der Waals surface area (Å²) in [6, 6.07) is 7.73. The maximum Gasteiger partial charge on any atom is 0.321 e. The van der Waals surface area contributed by atoms with Gasteiger partial charge in [0.2, 0.25) is 0 Å². The third-order valence-electron chi connectivity index (χ3n) is 5.69. The lowest BCUT2D eigenvalue weighted by molar-refractivity contribution is -0.141. The molecule has 0 radical (unpaired) electrons. The summed E-state index contributed by atoms with van der Waals surface area (Å²) < 4.78 is 4.69. The number of carboxylic acid groups (broad SMARTS) is 1. The Hall–Kier alpha value is -1.53. The average Bonchev–Trinajstić information content (AvgIpc) is 2.78. The van der Waals surface area contributed by atoms with E-state index in [9.17, 15) is 14.7 Å². The van der Waals surface area contributed by atoms with E-state index in [2.05, 4.69) is 49.1 Å². The second-order valence-corrected chi connectivity index (χ2v) is 8.59. The highest BCUT2D eigenvalue weighted by Gasteiger charge is 2.21. The highest BCUT2D eigenvalue weighted by Crippen LogP contribution is 2.22. The number of ether oxygens (including phenoxy) is 1. The zero-order valence-corrected chi connectivity index (χ0v) is 20.2. The Bertz CT molecular complexity index is 620. The van der Waals surface area contributed by atoms with Crippen LogP contribution in [0.1, 0.15) is 94.7 Å². The van der Waals surface area contributed by atoms with Crippen LogP contribution in [0.3, 0.4) is 0 Å². The maximum absolute atomic E-state index is 11.5. The Balaban J connectivity index is 2.59. The van der Waals surface area contributed by atoms with Crippen LogP contribution in [0.15, 0.2) is 24.3 Å². The van der Waals surface area contributed by atoms with E-state index in [0.717, 1.165) is 31.2 Å². The second-order valence-electron chi connectivity index (χ2n) is 8.23. The minimum atomic E-state index is -0.898. The molecule has 0 saturated heterocycles. The quantitative estimate of drug-likeness (QED) is 0.151. The Morgan fingerprint density at radius 3 is 2.23 bits per heavy atom. The van der Waals surface area contributed by atoms with Crippen molar-refractivity contribution in [1.29, 1.82) is 0 Å². The van der Waals surface area contributed by atoms with Gasteiger partial charge in [0.1, 0.15) is 6.04 Å². The van der Waals surface area contributed by atoms with Gasteiger partial charge in [0, 0.05) is 18.2 Å². The van der Waals surface area contributed by atoms with Crippen LogP contribution in [0.5, 0.6) is 0 Å². The number of carboxylic acids is 1. The predicted molar refractivity (Wildman–Crippen MR) is 130 cm³/mol. The number of benzene rings is 1. The van der Waals surface area contributed by atoms with Gasteiger partial charge in [0.25, 0.3) is 0 Å². The van der Waals surface area contributed by atoms with E-state index in [-0.39, 0.29) is 17.8 Å². The fourth-order valence-electron chi connectivity index (χ4n) is 3.71. The third kappa shape index (κ3) is 12.2. The average molecular weight is 452 g/mol. The van der Waals surface area contributed by atoms with Gasteiger partial charge in [-0.1, -0.05) is 76.1 Å². The number of hydrogen-bond donors (Lipinski definition) is 3. The van der Waals surface area contributed by atoms with Crippen molar-refractivity contribution in [3.05, 3.63) is 35.4 Å². The Morgan fingerprint density at radius 2 is 1.65 bits per heavy atom. The molecule has 0 aliphatic heterocycles. The summed E-state index contributed by atoms with van der Waals surface area (Å²) in [4.78, 5) is 22.8. The Kier molecular flexibility index (Phi) is 15.2. The molecule has 5 nitrogen and oxygen atoms in total. The molecule has 1 rings (SSSR count). The number of nitrogens with one attached hydrogen (secondary N) is 1. The normalized spacial score (nSPS) is 13.0. The van der Waals surface area contributed by atoms with Gasteiger partial charge < -0.3 is 9.84 Å². The molecule has 1 unspecified atom stereocenters. The molecule has 0 aliphatic carbocycles. The molecule has 0 amide bonds. The highest BCUT2D eigenvalue weighted by molar-refractivity contribution is 7.80. The van der Waals surface area contributed by atoms with Gasteiger partial charge in [-0.2, -0.15) is 12.6 Å². The number of hydrogen-bond acceptors (Lipinski definition) is 5. The summed E-state index contributed by atoms with van der Waals surface area (Å²) in [6.07, 6.45) is 12.9. The van der Waals surface area contributed by atoms with Crippen LogP contribution in [0, 0.1) is 0 Å². The van der Waals surface area contributed by atoms with Crippen molar-refractivity contribution >= 4 is 24.6 Å². The summed E-state index contributed by atoms with van der Waals surface area (Å²) in [5.74, 6) is -0.882. The molecule has 0 saturated carbocycles. The zero-order chi connectivity index (χ0) is 22.9. The Labute approximate surface area is 193 Å². The van der Waals surface area contributed by atoms with Gasteiger partial charge in [-0.3, -0.25) is 14.9 Å². The van der Waals surface area contributed by atoms with E-state index < -0.39 is 12.0 Å². The largest absolute Gasteiger partial charge is 0.480 e. The first kappa shape index (κ1) is 27.5. The van der Waals surface area contributed by atoms with Crippen LogP contribution in [-0.2, 0) is 20.7 Å². The minimum absolute atomic E-state index is 0.0847. The summed E-state index contributed by atoms with van der Waals surface area (Å²) in [5, 5.41) is 12.6. The number of esters is 1. The molecule has 1 aromatic rings. The minimum Gasteiger partial charge on any atom is -0.480 e. The summed E-state index contributed by atoms with van der Waals surface area (Å²) in [6.45, 7) is 2.24. The van der Waals surface area contributed by atoms with Gasteiger partial charge in [-0.25, -0.2) is 0 Å². The van der Waals surface area contributed by atoms with Crippen LogP contribution in [-0.4, -0.2) is 35.9 Å². The lowest BCUT2D eigenvalue weighted by atomic mass is 9.97. The standard InChI is InChI=1S/C25H41NO4S/c1-3-4-5-6-7-8-9-12-20-15-17-21(18-16-20)22(26-23(19-31)25(28)29)13-10-11-14-24(27)30-2/h15-18,22-23,26,31H,3-14,19H2,1-2H3,(H,28,29)/t22?,23-/m0/s1. The topological polar surface area (TPSA) is 75.6 Å². The van der Waals surface area contributed by atoms with Gasteiger partial charge in [0.15, 0.2) is 0 Å². The third-order valence-corrected chi connectivity index (χ3v) is 6.05. The van der Waals surface area contributed by atoms with Crippen molar-refractivity contribution in [2.75, 3.05) is 12.9 Å². The van der Waals surface area contributed by atoms with E-state index in [4.69, 9.17) is 4.74 Å². The first-order valence-corrected chi connectivity index (χ1v) is 12.4. The maximum atomic E-state index is 11.5. The lowest BCUT2D eigenvalue weighted by Crippen LogP contribution is -2.40. The zero-order valence-electron chi connectivity index (χ0n) is 19.3. The molecular formula is C25H41NO4S. The molecule has 0 fully saturated rings. The first-order valence-electron chi connectivity index (χ1n) is 11.8. The molecule has 0 spiro atoms. The van der Waals surface area contributed by atoms with Gasteiger partial charge in [0.05, 0.1) is 7.11 Å². The van der Waals surface area contributed by atoms with E-state index >= 15 is 0 Å². The predicted octanol–water partition coefficient (Wildman–Crippen LogP) is 5.73. The second kappa shape index (κ2) is 17.1. The smallest absolute Gasteiger partial charge is 0.321 e. The molecule has 0 heterocycles. The molecule has 176 valence electrons. The van der Waals surface area contributed by atoms with E-state index in [1.54, 1.807) is 0 Å². The molecule has 2 atom stereocenters. The van der Waals surface area contributed by atoms with E-state index in [1.807, 2.05) is 0 Å².